The van der Waals surface area contributed by atoms with E-state index in [-0.39, 0.29) is 10.6 Å². The largest absolute Gasteiger partial charge is 0.496 e. The van der Waals surface area contributed by atoms with E-state index in [1.165, 1.54) is 5.56 Å². The zero-order valence-corrected chi connectivity index (χ0v) is 16.3. The molecule has 1 aliphatic rings. The first kappa shape index (κ1) is 18.8. The van der Waals surface area contributed by atoms with Crippen LogP contribution in [-0.4, -0.2) is 48.0 Å². The van der Waals surface area contributed by atoms with Crippen LogP contribution < -0.4 is 4.74 Å². The molecule has 2 aromatic carbocycles. The molecule has 0 aliphatic carbocycles. The maximum atomic E-state index is 10.7. The van der Waals surface area contributed by atoms with Gasteiger partial charge >= 0.3 is 0 Å². The summed E-state index contributed by atoms with van der Waals surface area (Å²) in [7, 11) is 1.70. The van der Waals surface area contributed by atoms with Gasteiger partial charge in [-0.1, -0.05) is 28.1 Å². The summed E-state index contributed by atoms with van der Waals surface area (Å²) < 4.78 is 6.52. The lowest BCUT2D eigenvalue weighted by molar-refractivity contribution is -0.384. The van der Waals surface area contributed by atoms with Gasteiger partial charge in [0.15, 0.2) is 0 Å². The molecule has 1 fully saturated rings. The maximum Gasteiger partial charge on any atom is 0.269 e. The van der Waals surface area contributed by atoms with E-state index in [1.807, 2.05) is 24.3 Å². The number of benzene rings is 2. The predicted molar refractivity (Wildman–Crippen MR) is 104 cm³/mol. The number of rotatable bonds is 6. The summed E-state index contributed by atoms with van der Waals surface area (Å²) in [6, 6.07) is 12.9. The minimum absolute atomic E-state index is 0.140. The Hall–Kier alpha value is -1.96. The van der Waals surface area contributed by atoms with Gasteiger partial charge in [0.05, 0.1) is 12.0 Å². The van der Waals surface area contributed by atoms with Crippen LogP contribution >= 0.6 is 15.9 Å². The van der Waals surface area contributed by atoms with Gasteiger partial charge in [0.2, 0.25) is 0 Å². The summed E-state index contributed by atoms with van der Waals surface area (Å²) in [6.45, 7) is 5.63. The minimum atomic E-state index is -0.362. The van der Waals surface area contributed by atoms with Crippen LogP contribution in [0.25, 0.3) is 0 Å². The Kier molecular flexibility index (Phi) is 6.24. The van der Waals surface area contributed by atoms with Gasteiger partial charge in [-0.15, -0.1) is 0 Å². The summed E-state index contributed by atoms with van der Waals surface area (Å²) in [5.41, 5.74) is 2.44. The lowest BCUT2D eigenvalue weighted by atomic mass is 10.1. The molecule has 6 nitrogen and oxygen atoms in total. The van der Waals surface area contributed by atoms with Gasteiger partial charge in [-0.3, -0.25) is 19.9 Å². The molecule has 0 saturated carbocycles. The van der Waals surface area contributed by atoms with Crippen molar-refractivity contribution < 1.29 is 9.66 Å². The second-order valence-electron chi connectivity index (χ2n) is 6.43. The monoisotopic (exact) mass is 419 g/mol. The van der Waals surface area contributed by atoms with Crippen LogP contribution in [0, 0.1) is 10.1 Å². The first-order valence-corrected chi connectivity index (χ1v) is 9.35. The van der Waals surface area contributed by atoms with Crippen molar-refractivity contribution in [2.45, 2.75) is 13.1 Å². The zero-order chi connectivity index (χ0) is 18.5. The fourth-order valence-corrected chi connectivity index (χ4v) is 3.61. The van der Waals surface area contributed by atoms with Crippen LogP contribution in [0.3, 0.4) is 0 Å². The van der Waals surface area contributed by atoms with Crippen LogP contribution in [0.15, 0.2) is 46.9 Å². The Balaban J connectivity index is 1.53. The third-order valence-corrected chi connectivity index (χ3v) is 5.15. The molecule has 138 valence electrons. The smallest absolute Gasteiger partial charge is 0.269 e. The molecule has 26 heavy (non-hydrogen) atoms. The molecule has 3 rings (SSSR count). The van der Waals surface area contributed by atoms with Gasteiger partial charge < -0.3 is 4.74 Å². The summed E-state index contributed by atoms with van der Waals surface area (Å²) in [5, 5.41) is 10.7. The second kappa shape index (κ2) is 8.62. The van der Waals surface area contributed by atoms with Crippen LogP contribution in [-0.2, 0) is 13.1 Å². The SMILES string of the molecule is COc1ccc(Br)cc1CN1CCN(Cc2ccc([N+](=O)[O-])cc2)CC1. The van der Waals surface area contributed by atoms with Gasteiger partial charge in [0, 0.05) is 61.4 Å². The molecule has 0 bridgehead atoms. The molecule has 0 amide bonds. The Bertz CT molecular complexity index is 759. The number of methoxy groups -OCH3 is 1. The van der Waals surface area contributed by atoms with Crippen molar-refractivity contribution in [3.05, 3.63) is 68.2 Å². The molecule has 1 heterocycles. The van der Waals surface area contributed by atoms with E-state index in [1.54, 1.807) is 19.2 Å². The summed E-state index contributed by atoms with van der Waals surface area (Å²) in [6.07, 6.45) is 0. The molecule has 0 N–H and O–H groups in total. The Morgan fingerprint density at radius 2 is 1.65 bits per heavy atom. The zero-order valence-electron chi connectivity index (χ0n) is 14.7. The van der Waals surface area contributed by atoms with Crippen molar-refractivity contribution in [2.24, 2.45) is 0 Å². The Morgan fingerprint density at radius 3 is 2.23 bits per heavy atom. The number of hydrogen-bond acceptors (Lipinski definition) is 5. The molecule has 0 atom stereocenters. The molecule has 1 saturated heterocycles. The number of nitrogens with zero attached hydrogens (tertiary/aromatic N) is 3. The number of piperazine rings is 1. The maximum absolute atomic E-state index is 10.7. The highest BCUT2D eigenvalue weighted by molar-refractivity contribution is 9.10. The molecule has 0 aromatic heterocycles. The van der Waals surface area contributed by atoms with Crippen LogP contribution in [0.5, 0.6) is 5.75 Å². The molecular formula is C19H22BrN3O3. The highest BCUT2D eigenvalue weighted by atomic mass is 79.9. The first-order valence-electron chi connectivity index (χ1n) is 8.55. The average molecular weight is 420 g/mol. The number of hydrogen-bond donors (Lipinski definition) is 0. The Labute approximate surface area is 161 Å². The van der Waals surface area contributed by atoms with E-state index in [0.717, 1.165) is 55.1 Å². The molecule has 1 aliphatic heterocycles. The van der Waals surface area contributed by atoms with Crippen LogP contribution in [0.4, 0.5) is 5.69 Å². The van der Waals surface area contributed by atoms with Crippen molar-refractivity contribution in [1.82, 2.24) is 9.80 Å². The fraction of sp³-hybridized carbons (Fsp3) is 0.368. The second-order valence-corrected chi connectivity index (χ2v) is 7.35. The van der Waals surface area contributed by atoms with Crippen molar-refractivity contribution in [1.29, 1.82) is 0 Å². The average Bonchev–Trinajstić information content (AvgIpc) is 2.64. The van der Waals surface area contributed by atoms with E-state index < -0.39 is 0 Å². The van der Waals surface area contributed by atoms with Gasteiger partial charge in [-0.05, 0) is 23.8 Å². The van der Waals surface area contributed by atoms with Crippen molar-refractivity contribution in [3.63, 3.8) is 0 Å². The molecule has 0 unspecified atom stereocenters. The number of non-ortho nitro benzene ring substituents is 1. The van der Waals surface area contributed by atoms with E-state index in [0.29, 0.717) is 0 Å². The number of halogens is 1. The molecule has 2 aromatic rings. The highest BCUT2D eigenvalue weighted by Crippen LogP contribution is 2.25. The number of ether oxygens (including phenoxy) is 1. The van der Waals surface area contributed by atoms with Gasteiger partial charge in [0.1, 0.15) is 5.75 Å². The van der Waals surface area contributed by atoms with E-state index in [4.69, 9.17) is 4.74 Å². The lowest BCUT2D eigenvalue weighted by Crippen LogP contribution is -2.45. The van der Waals surface area contributed by atoms with E-state index >= 15 is 0 Å². The Morgan fingerprint density at radius 1 is 1.04 bits per heavy atom. The lowest BCUT2D eigenvalue weighted by Gasteiger charge is -2.35. The van der Waals surface area contributed by atoms with Crippen molar-refractivity contribution in [2.75, 3.05) is 33.3 Å². The topological polar surface area (TPSA) is 58.8 Å². The number of nitro groups is 1. The summed E-state index contributed by atoms with van der Waals surface area (Å²) in [4.78, 5) is 15.2. The van der Waals surface area contributed by atoms with Crippen molar-refractivity contribution in [3.8, 4) is 5.75 Å². The minimum Gasteiger partial charge on any atom is -0.496 e. The van der Waals surface area contributed by atoms with Gasteiger partial charge in [0.25, 0.3) is 5.69 Å². The predicted octanol–water partition coefficient (Wildman–Crippen LogP) is 3.68. The summed E-state index contributed by atoms with van der Waals surface area (Å²) in [5.74, 6) is 0.918. The van der Waals surface area contributed by atoms with Gasteiger partial charge in [-0.25, -0.2) is 0 Å². The van der Waals surface area contributed by atoms with Gasteiger partial charge in [-0.2, -0.15) is 0 Å². The van der Waals surface area contributed by atoms with E-state index in [2.05, 4.69) is 31.8 Å². The van der Waals surface area contributed by atoms with E-state index in [9.17, 15) is 10.1 Å². The third-order valence-electron chi connectivity index (χ3n) is 4.65. The first-order chi connectivity index (χ1) is 12.5. The van der Waals surface area contributed by atoms with Crippen molar-refractivity contribution >= 4 is 21.6 Å². The highest BCUT2D eigenvalue weighted by Gasteiger charge is 2.18. The standard InChI is InChI=1S/C19H22BrN3O3/c1-26-19-7-4-17(20)12-16(19)14-22-10-8-21(9-11-22)13-15-2-5-18(6-3-15)23(24)25/h2-7,12H,8-11,13-14H2,1H3. The normalized spacial score (nSPS) is 15.8. The fourth-order valence-electron chi connectivity index (χ4n) is 3.20. The molecule has 0 radical (unpaired) electrons. The molecular weight excluding hydrogens is 398 g/mol. The molecule has 7 heteroatoms. The number of nitro benzene ring substituents is 1. The molecule has 0 spiro atoms. The van der Waals surface area contributed by atoms with Crippen LogP contribution in [0.1, 0.15) is 11.1 Å². The third kappa shape index (κ3) is 4.81. The summed E-state index contributed by atoms with van der Waals surface area (Å²) >= 11 is 3.53. The quantitative estimate of drug-likeness (QED) is 0.527. The van der Waals surface area contributed by atoms with Crippen LogP contribution in [0.2, 0.25) is 0 Å².